The summed E-state index contributed by atoms with van der Waals surface area (Å²) in [6.07, 6.45) is 7.03. The summed E-state index contributed by atoms with van der Waals surface area (Å²) >= 11 is 8.16. The number of thiophene rings is 1. The number of rotatable bonds is 3. The lowest BCUT2D eigenvalue weighted by Gasteiger charge is -2.29. The van der Waals surface area contributed by atoms with Crippen molar-refractivity contribution >= 4 is 40.1 Å². The second-order valence-corrected chi connectivity index (χ2v) is 9.26. The summed E-state index contributed by atoms with van der Waals surface area (Å²) in [4.78, 5) is 1.18. The molecule has 146 valence electrons. The summed E-state index contributed by atoms with van der Waals surface area (Å²) in [5.41, 5.74) is 11.4. The molecule has 0 aliphatic heterocycles. The maximum atomic E-state index is 9.51. The number of aryl methyl sites for hydroxylation is 1. The number of nitriles is 1. The number of anilines is 1. The van der Waals surface area contributed by atoms with Gasteiger partial charge < -0.3 is 5.73 Å². The number of nitrogen functional groups attached to an aromatic ring is 1. The predicted octanol–water partition coefficient (Wildman–Crippen LogP) is 6.13. The first-order chi connectivity index (χ1) is 13.8. The molecule has 0 atom stereocenters. The zero-order valence-electron chi connectivity index (χ0n) is 16.5. The van der Waals surface area contributed by atoms with Gasteiger partial charge in [0.2, 0.25) is 0 Å². The number of hydrogen-bond donors (Lipinski definition) is 1. The van der Waals surface area contributed by atoms with E-state index in [-0.39, 0.29) is 5.41 Å². The van der Waals surface area contributed by atoms with E-state index in [0.29, 0.717) is 15.7 Å². The molecule has 0 saturated heterocycles. The van der Waals surface area contributed by atoms with Crippen molar-refractivity contribution in [1.29, 1.82) is 5.26 Å². The van der Waals surface area contributed by atoms with Crippen LogP contribution in [0.4, 0.5) is 5.00 Å². The van der Waals surface area contributed by atoms with Crippen LogP contribution in [0.1, 0.15) is 47.5 Å². The second kappa shape index (κ2) is 7.22. The Hall–Kier alpha value is -2.81. The first-order valence-electron chi connectivity index (χ1n) is 9.34. The molecule has 6 heteroatoms. The van der Waals surface area contributed by atoms with E-state index in [9.17, 15) is 5.26 Å². The molecule has 1 aromatic carbocycles. The molecule has 0 unspecified atom stereocenters. The molecule has 4 rings (SSSR count). The number of hydrogen-bond acceptors (Lipinski definition) is 4. The summed E-state index contributed by atoms with van der Waals surface area (Å²) in [7, 11) is 0. The Bertz CT molecular complexity index is 1190. The van der Waals surface area contributed by atoms with Crippen LogP contribution in [0.15, 0.2) is 42.0 Å². The fraction of sp³-hybridized carbons (Fsp3) is 0.217. The van der Waals surface area contributed by atoms with Crippen molar-refractivity contribution in [3.63, 3.8) is 0 Å². The predicted molar refractivity (Wildman–Crippen MR) is 121 cm³/mol. The minimum Gasteiger partial charge on any atom is -0.389 e. The fourth-order valence-electron chi connectivity index (χ4n) is 3.78. The largest absolute Gasteiger partial charge is 0.389 e. The lowest BCUT2D eigenvalue weighted by atomic mass is 9.77. The van der Waals surface area contributed by atoms with Gasteiger partial charge in [-0.25, -0.2) is 4.68 Å². The third-order valence-electron chi connectivity index (χ3n) is 5.19. The zero-order valence-corrected chi connectivity index (χ0v) is 18.1. The van der Waals surface area contributed by atoms with Gasteiger partial charge in [-0.3, -0.25) is 0 Å². The van der Waals surface area contributed by atoms with Gasteiger partial charge in [0.25, 0.3) is 0 Å². The first-order valence-corrected chi connectivity index (χ1v) is 10.5. The smallest absolute Gasteiger partial charge is 0.140 e. The van der Waals surface area contributed by atoms with Crippen LogP contribution >= 0.6 is 22.9 Å². The van der Waals surface area contributed by atoms with Crippen molar-refractivity contribution in [1.82, 2.24) is 9.78 Å². The molecule has 0 saturated carbocycles. The van der Waals surface area contributed by atoms with Crippen LogP contribution in [-0.2, 0) is 5.41 Å². The van der Waals surface area contributed by atoms with E-state index in [1.165, 1.54) is 16.2 Å². The summed E-state index contributed by atoms with van der Waals surface area (Å²) < 4.78 is 1.75. The highest BCUT2D eigenvalue weighted by atomic mass is 35.5. The summed E-state index contributed by atoms with van der Waals surface area (Å²) in [6, 6.07) is 12.1. The molecule has 0 radical (unpaired) electrons. The van der Waals surface area contributed by atoms with Crippen LogP contribution in [0.25, 0.3) is 17.8 Å². The molecule has 0 spiro atoms. The van der Waals surface area contributed by atoms with E-state index >= 15 is 0 Å². The summed E-state index contributed by atoms with van der Waals surface area (Å²) in [5.74, 6) is 0. The van der Waals surface area contributed by atoms with Gasteiger partial charge in [0.05, 0.1) is 16.9 Å². The van der Waals surface area contributed by atoms with Gasteiger partial charge in [0.1, 0.15) is 16.2 Å². The van der Waals surface area contributed by atoms with E-state index in [0.717, 1.165) is 34.5 Å². The van der Waals surface area contributed by atoms with Gasteiger partial charge in [-0.1, -0.05) is 49.7 Å². The normalized spacial score (nSPS) is 15.2. The number of fused-ring (bicyclic) bond motifs is 1. The maximum Gasteiger partial charge on any atom is 0.140 e. The van der Waals surface area contributed by atoms with Gasteiger partial charge in [0.15, 0.2) is 0 Å². The van der Waals surface area contributed by atoms with Gasteiger partial charge in [0, 0.05) is 21.4 Å². The third kappa shape index (κ3) is 3.39. The molecule has 0 amide bonds. The number of nitrogens with two attached hydrogens (primary N) is 1. The lowest BCUT2D eigenvalue weighted by molar-refractivity contribution is 0.531. The minimum absolute atomic E-state index is 0.0787. The highest BCUT2D eigenvalue weighted by molar-refractivity contribution is 7.16. The number of benzene rings is 1. The van der Waals surface area contributed by atoms with Crippen molar-refractivity contribution in [3.05, 3.63) is 74.4 Å². The summed E-state index contributed by atoms with van der Waals surface area (Å²) in [5, 5.41) is 15.3. The third-order valence-corrected chi connectivity index (χ3v) is 6.95. The second-order valence-electron chi connectivity index (χ2n) is 7.85. The highest BCUT2D eigenvalue weighted by Crippen LogP contribution is 2.46. The molecule has 0 fully saturated rings. The lowest BCUT2D eigenvalue weighted by Crippen LogP contribution is -2.20. The Morgan fingerprint density at radius 1 is 1.28 bits per heavy atom. The average molecular weight is 421 g/mol. The van der Waals surface area contributed by atoms with Crippen molar-refractivity contribution in [2.45, 2.75) is 32.6 Å². The number of allylic oxidation sites excluding steroid dienone is 2. The molecule has 4 nitrogen and oxygen atoms in total. The van der Waals surface area contributed by atoms with Crippen molar-refractivity contribution in [2.75, 3.05) is 5.73 Å². The van der Waals surface area contributed by atoms with E-state index in [1.54, 1.807) is 4.68 Å². The summed E-state index contributed by atoms with van der Waals surface area (Å²) in [6.45, 7) is 6.33. The van der Waals surface area contributed by atoms with Crippen LogP contribution in [-0.4, -0.2) is 9.78 Å². The van der Waals surface area contributed by atoms with Crippen LogP contribution in [0.2, 0.25) is 5.15 Å². The Balaban J connectivity index is 1.73. The van der Waals surface area contributed by atoms with Crippen molar-refractivity contribution in [3.8, 4) is 11.8 Å². The Kier molecular flexibility index (Phi) is 4.85. The molecule has 2 heterocycles. The molecule has 1 aliphatic rings. The molecule has 2 aromatic heterocycles. The van der Waals surface area contributed by atoms with Crippen LogP contribution in [0.3, 0.4) is 0 Å². The molecule has 0 bridgehead atoms. The Morgan fingerprint density at radius 2 is 2.00 bits per heavy atom. The topological polar surface area (TPSA) is 67.6 Å². The zero-order chi connectivity index (χ0) is 20.8. The van der Waals surface area contributed by atoms with Gasteiger partial charge in [-0.15, -0.1) is 11.3 Å². The van der Waals surface area contributed by atoms with Crippen LogP contribution in [0.5, 0.6) is 0 Å². The van der Waals surface area contributed by atoms with E-state index in [4.69, 9.17) is 17.3 Å². The van der Waals surface area contributed by atoms with Crippen LogP contribution < -0.4 is 5.73 Å². The molecule has 1 aliphatic carbocycles. The Morgan fingerprint density at radius 3 is 2.69 bits per heavy atom. The van der Waals surface area contributed by atoms with E-state index < -0.39 is 0 Å². The quantitative estimate of drug-likeness (QED) is 0.554. The van der Waals surface area contributed by atoms with Gasteiger partial charge >= 0.3 is 0 Å². The number of para-hydroxylation sites is 1. The Labute approximate surface area is 179 Å². The number of nitrogens with zero attached hydrogens (tertiary/aromatic N) is 3. The highest BCUT2D eigenvalue weighted by Gasteiger charge is 2.32. The van der Waals surface area contributed by atoms with Crippen LogP contribution in [0, 0.1) is 18.3 Å². The molecule has 29 heavy (non-hydrogen) atoms. The SMILES string of the molecule is Cc1nn(-c2ccccc2)c(Cl)c1C=CC1=Cc2c(sc(N)c2C#N)C(C)(C)C1. The monoisotopic (exact) mass is 420 g/mol. The molecule has 3 aromatic rings. The molecular formula is C23H21ClN4S. The van der Waals surface area contributed by atoms with Crippen molar-refractivity contribution < 1.29 is 0 Å². The van der Waals surface area contributed by atoms with Gasteiger partial charge in [-0.2, -0.15) is 10.4 Å². The number of halogens is 1. The van der Waals surface area contributed by atoms with Gasteiger partial charge in [-0.05, 0) is 43.2 Å². The standard InChI is InChI=1S/C23H21ClN4S/c1-14-17(21(24)28(27-14)16-7-5-4-6-8-16)10-9-15-11-18-19(13-25)22(26)29-20(18)23(2,3)12-15/h4-11H,12,26H2,1-3H3. The minimum atomic E-state index is -0.0787. The maximum absolute atomic E-state index is 9.51. The van der Waals surface area contributed by atoms with E-state index in [1.807, 2.05) is 43.3 Å². The fourth-order valence-corrected chi connectivity index (χ4v) is 5.22. The number of aromatic nitrogens is 2. The average Bonchev–Trinajstić information content (AvgIpc) is 3.16. The molecule has 2 N–H and O–H groups in total. The van der Waals surface area contributed by atoms with E-state index in [2.05, 4.69) is 37.2 Å². The van der Waals surface area contributed by atoms with Crippen molar-refractivity contribution in [2.24, 2.45) is 0 Å². The first kappa shape index (κ1) is 19.5. The molecular weight excluding hydrogens is 400 g/mol.